The van der Waals surface area contributed by atoms with E-state index >= 15 is 0 Å². The zero-order chi connectivity index (χ0) is 32.2. The van der Waals surface area contributed by atoms with Crippen LogP contribution in [-0.4, -0.2) is 51.4 Å². The van der Waals surface area contributed by atoms with Crippen LogP contribution in [0.15, 0.2) is 66.9 Å². The van der Waals surface area contributed by atoms with Crippen LogP contribution in [0.25, 0.3) is 11.0 Å². The molecule has 0 atom stereocenters. The third kappa shape index (κ3) is 8.98. The molecule has 0 aliphatic carbocycles. The molecule has 2 aromatic carbocycles. The Morgan fingerprint density at radius 3 is 2.40 bits per heavy atom. The molecule has 0 saturated carbocycles. The number of esters is 1. The zero-order valence-electron chi connectivity index (χ0n) is 26.0. The lowest BCUT2D eigenvalue weighted by atomic mass is 10.1. The Bertz CT molecular complexity index is 1620. The number of pyridine rings is 1. The number of imide groups is 1. The number of amides is 3. The molecule has 0 spiro atoms. The third-order valence-electron chi connectivity index (χ3n) is 7.34. The molecule has 0 saturated heterocycles. The van der Waals surface area contributed by atoms with Gasteiger partial charge >= 0.3 is 5.97 Å². The Balaban J connectivity index is 1.40. The van der Waals surface area contributed by atoms with Crippen LogP contribution in [0.3, 0.4) is 0 Å². The summed E-state index contributed by atoms with van der Waals surface area (Å²) in [5.41, 5.74) is 3.11. The van der Waals surface area contributed by atoms with Crippen molar-refractivity contribution in [3.8, 4) is 0 Å². The quantitative estimate of drug-likeness (QED) is 0.134. The number of fused-ring (bicyclic) bond motifs is 1. The third-order valence-corrected chi connectivity index (χ3v) is 7.34. The van der Waals surface area contributed by atoms with Crippen molar-refractivity contribution in [2.24, 2.45) is 7.05 Å². The highest BCUT2D eigenvalue weighted by Gasteiger charge is 2.21. The lowest BCUT2D eigenvalue weighted by Gasteiger charge is -2.21. The van der Waals surface area contributed by atoms with Gasteiger partial charge in [0, 0.05) is 43.0 Å². The number of hydrogen-bond acceptors (Lipinski definition) is 8. The summed E-state index contributed by atoms with van der Waals surface area (Å²) in [5, 5.41) is 5.77. The number of aryl methyl sites for hydroxylation is 1. The lowest BCUT2D eigenvalue weighted by molar-refractivity contribution is -0.142. The van der Waals surface area contributed by atoms with Crippen molar-refractivity contribution in [2.45, 2.75) is 58.9 Å². The molecule has 45 heavy (non-hydrogen) atoms. The molecule has 2 heterocycles. The Kier molecular flexibility index (Phi) is 11.8. The normalized spacial score (nSPS) is 10.8. The van der Waals surface area contributed by atoms with Gasteiger partial charge in [-0.05, 0) is 67.9 Å². The van der Waals surface area contributed by atoms with E-state index < -0.39 is 5.91 Å². The van der Waals surface area contributed by atoms with Gasteiger partial charge in [-0.3, -0.25) is 29.4 Å². The molecule has 0 bridgehead atoms. The first-order valence-corrected chi connectivity index (χ1v) is 15.3. The zero-order valence-corrected chi connectivity index (χ0v) is 26.0. The summed E-state index contributed by atoms with van der Waals surface area (Å²) in [6.07, 6.45) is 5.91. The van der Waals surface area contributed by atoms with Gasteiger partial charge in [-0.1, -0.05) is 32.3 Å². The fourth-order valence-electron chi connectivity index (χ4n) is 4.86. The first kappa shape index (κ1) is 32.8. The average Bonchev–Trinajstić information content (AvgIpc) is 3.37. The van der Waals surface area contributed by atoms with Gasteiger partial charge in [0.05, 0.1) is 30.6 Å². The molecule has 11 heteroatoms. The number of aromatic nitrogens is 3. The smallest absolute Gasteiger partial charge is 0.307 e. The monoisotopic (exact) mass is 612 g/mol. The van der Waals surface area contributed by atoms with Crippen LogP contribution >= 0.6 is 0 Å². The molecule has 11 nitrogen and oxygen atoms in total. The number of ether oxygens (including phenoxy) is 1. The molecule has 4 aromatic rings. The van der Waals surface area contributed by atoms with Crippen LogP contribution in [0.1, 0.15) is 78.9 Å². The predicted octanol–water partition coefficient (Wildman–Crippen LogP) is 5.41. The molecule has 4 rings (SSSR count). The highest BCUT2D eigenvalue weighted by atomic mass is 16.5. The highest BCUT2D eigenvalue weighted by molar-refractivity contribution is 6.07. The van der Waals surface area contributed by atoms with Crippen LogP contribution in [0, 0.1) is 0 Å². The van der Waals surface area contributed by atoms with Gasteiger partial charge in [-0.15, -0.1) is 0 Å². The molecule has 0 radical (unpaired) electrons. The molecule has 236 valence electrons. The van der Waals surface area contributed by atoms with Gasteiger partial charge in [-0.25, -0.2) is 9.97 Å². The van der Waals surface area contributed by atoms with Crippen LogP contribution in [0.4, 0.5) is 11.5 Å². The van der Waals surface area contributed by atoms with E-state index in [0.29, 0.717) is 35.4 Å². The van der Waals surface area contributed by atoms with E-state index in [2.05, 4.69) is 22.5 Å². The van der Waals surface area contributed by atoms with Crippen molar-refractivity contribution in [3.63, 3.8) is 0 Å². The molecule has 0 fully saturated rings. The van der Waals surface area contributed by atoms with E-state index in [-0.39, 0.29) is 37.4 Å². The maximum absolute atomic E-state index is 13.6. The van der Waals surface area contributed by atoms with Crippen molar-refractivity contribution in [1.29, 1.82) is 0 Å². The molecular formula is C34H40N6O5. The van der Waals surface area contributed by atoms with Gasteiger partial charge in [-0.2, -0.15) is 0 Å². The predicted molar refractivity (Wildman–Crippen MR) is 173 cm³/mol. The number of benzene rings is 2. The van der Waals surface area contributed by atoms with Crippen molar-refractivity contribution >= 4 is 46.2 Å². The second-order valence-corrected chi connectivity index (χ2v) is 10.6. The summed E-state index contributed by atoms with van der Waals surface area (Å²) < 4.78 is 6.99. The minimum absolute atomic E-state index is 0.0424. The van der Waals surface area contributed by atoms with Gasteiger partial charge < -0.3 is 14.6 Å². The number of carbonyl (C=O) groups excluding carboxylic acids is 4. The van der Waals surface area contributed by atoms with E-state index in [4.69, 9.17) is 9.72 Å². The fourth-order valence-corrected chi connectivity index (χ4v) is 4.86. The van der Waals surface area contributed by atoms with Crippen LogP contribution in [0.2, 0.25) is 0 Å². The Morgan fingerprint density at radius 1 is 0.911 bits per heavy atom. The van der Waals surface area contributed by atoms with E-state index in [9.17, 15) is 19.2 Å². The number of hydrogen-bond donors (Lipinski definition) is 2. The first-order valence-electron chi connectivity index (χ1n) is 15.3. The van der Waals surface area contributed by atoms with E-state index in [1.165, 1.54) is 4.90 Å². The molecular weight excluding hydrogens is 572 g/mol. The number of rotatable bonds is 15. The van der Waals surface area contributed by atoms with Crippen molar-refractivity contribution < 1.29 is 23.9 Å². The van der Waals surface area contributed by atoms with Crippen LogP contribution < -0.4 is 15.5 Å². The molecule has 2 N–H and O–H groups in total. The maximum Gasteiger partial charge on any atom is 0.307 e. The van der Waals surface area contributed by atoms with Crippen LogP contribution in [-0.2, 0) is 27.9 Å². The lowest BCUT2D eigenvalue weighted by Crippen LogP contribution is -2.34. The number of carbonyl (C=O) groups is 4. The number of nitrogens with one attached hydrogen (secondary N) is 2. The number of unbranched alkanes of at least 4 members (excludes halogenated alkanes) is 3. The summed E-state index contributed by atoms with van der Waals surface area (Å²) in [5.74, 6) is -0.169. The summed E-state index contributed by atoms with van der Waals surface area (Å²) in [6, 6.07) is 17.5. The molecule has 0 aliphatic rings. The van der Waals surface area contributed by atoms with E-state index in [1.807, 2.05) is 17.7 Å². The SMILES string of the molecule is CCCCCCC(=O)NC(=O)c1ccc(NCc2nc3cc(C(=O)N(CCC(=O)OCC)c4ccccn4)ccc3n2C)cc1. The minimum atomic E-state index is -0.412. The number of imidazole rings is 1. The largest absolute Gasteiger partial charge is 0.466 e. The van der Waals surface area contributed by atoms with Gasteiger partial charge in [0.15, 0.2) is 0 Å². The Hall–Kier alpha value is -5.06. The topological polar surface area (TPSA) is 136 Å². The van der Waals surface area contributed by atoms with E-state index in [1.54, 1.807) is 67.7 Å². The summed E-state index contributed by atoms with van der Waals surface area (Å²) >= 11 is 0. The van der Waals surface area contributed by atoms with Crippen molar-refractivity contribution in [2.75, 3.05) is 23.4 Å². The summed E-state index contributed by atoms with van der Waals surface area (Å²) in [4.78, 5) is 60.7. The molecule has 0 aliphatic heterocycles. The highest BCUT2D eigenvalue weighted by Crippen LogP contribution is 2.21. The van der Waals surface area contributed by atoms with Gasteiger partial charge in [0.1, 0.15) is 11.6 Å². The Morgan fingerprint density at radius 2 is 1.69 bits per heavy atom. The summed E-state index contributed by atoms with van der Waals surface area (Å²) in [6.45, 7) is 4.64. The van der Waals surface area contributed by atoms with Crippen molar-refractivity contribution in [1.82, 2.24) is 19.9 Å². The van der Waals surface area contributed by atoms with Crippen molar-refractivity contribution in [3.05, 3.63) is 83.8 Å². The van der Waals surface area contributed by atoms with Gasteiger partial charge in [0.2, 0.25) is 5.91 Å². The van der Waals surface area contributed by atoms with Crippen LogP contribution in [0.5, 0.6) is 0 Å². The first-order chi connectivity index (χ1) is 21.8. The second kappa shape index (κ2) is 16.1. The van der Waals surface area contributed by atoms with E-state index in [0.717, 1.165) is 42.7 Å². The maximum atomic E-state index is 13.6. The number of nitrogens with zero attached hydrogens (tertiary/aromatic N) is 4. The van der Waals surface area contributed by atoms with Gasteiger partial charge in [0.25, 0.3) is 11.8 Å². The minimum Gasteiger partial charge on any atom is -0.466 e. The molecule has 0 unspecified atom stereocenters. The fraction of sp³-hybridized carbons (Fsp3) is 0.353. The Labute approximate surface area is 263 Å². The average molecular weight is 613 g/mol. The standard InChI is InChI=1S/C34H40N6O5/c1-4-6-7-8-12-31(41)38-33(43)24-13-16-26(17-14-24)36-23-30-37-27-22-25(15-18-28(27)39(30)3)34(44)40(21-19-32(42)45-5-2)29-11-9-10-20-35-29/h9-11,13-18,20,22,36H,4-8,12,19,21,23H2,1-3H3,(H,38,41,43). The number of anilines is 2. The molecule has 3 amide bonds. The molecule has 2 aromatic heterocycles. The second-order valence-electron chi connectivity index (χ2n) is 10.6. The summed E-state index contributed by atoms with van der Waals surface area (Å²) in [7, 11) is 1.90.